The summed E-state index contributed by atoms with van der Waals surface area (Å²) in [6.45, 7) is 1.48. The number of hydrogen-bond acceptors (Lipinski definition) is 2. The van der Waals surface area contributed by atoms with Crippen LogP contribution in [0.2, 0.25) is 5.02 Å². The Morgan fingerprint density at radius 2 is 1.95 bits per heavy atom. The average molecular weight is 297 g/mol. The Hall–Kier alpha value is -1.94. The number of carbonyl (C=O) groups is 1. The van der Waals surface area contributed by atoms with Crippen LogP contribution in [0.3, 0.4) is 0 Å². The molecule has 0 aliphatic carbocycles. The van der Waals surface area contributed by atoms with E-state index in [2.05, 4.69) is 0 Å². The van der Waals surface area contributed by atoms with Crippen molar-refractivity contribution in [3.05, 3.63) is 64.2 Å². The lowest BCUT2D eigenvalue weighted by molar-refractivity contribution is 0.0917. The molecule has 0 radical (unpaired) electrons. The molecule has 2 aromatic carbocycles. The van der Waals surface area contributed by atoms with E-state index in [1.54, 1.807) is 18.2 Å². The Morgan fingerprint density at radius 1 is 1.20 bits per heavy atom. The van der Waals surface area contributed by atoms with Crippen LogP contribution in [0.5, 0.6) is 5.75 Å². The van der Waals surface area contributed by atoms with Crippen molar-refractivity contribution in [3.63, 3.8) is 0 Å². The van der Waals surface area contributed by atoms with E-state index in [1.807, 2.05) is 6.92 Å². The van der Waals surface area contributed by atoms with Gasteiger partial charge in [0.15, 0.2) is 6.61 Å². The lowest BCUT2D eigenvalue weighted by Crippen LogP contribution is -2.13. The first-order valence-electron chi connectivity index (χ1n) is 5.84. The lowest BCUT2D eigenvalue weighted by atomic mass is 10.1. The number of ketones is 1. The summed E-state index contributed by atoms with van der Waals surface area (Å²) in [5, 5.41) is 0.364. The average Bonchev–Trinajstić information content (AvgIpc) is 2.39. The third-order valence-corrected chi connectivity index (χ3v) is 2.99. The highest BCUT2D eigenvalue weighted by atomic mass is 35.5. The maximum atomic E-state index is 13.4. The standard InChI is InChI=1S/C15H11ClF2O2/c1-9-2-5-12(16)15(6-9)20-8-14(19)11-4-3-10(17)7-13(11)18/h2-7H,8H2,1H3. The van der Waals surface area contributed by atoms with Crippen molar-refractivity contribution in [2.45, 2.75) is 6.92 Å². The summed E-state index contributed by atoms with van der Waals surface area (Å²) in [5.41, 5.74) is 0.708. The molecule has 0 unspecified atom stereocenters. The Bertz CT molecular complexity index is 656. The molecule has 0 atom stereocenters. The van der Waals surface area contributed by atoms with Crippen LogP contribution in [0.4, 0.5) is 8.78 Å². The molecule has 5 heteroatoms. The van der Waals surface area contributed by atoms with Crippen LogP contribution in [0, 0.1) is 18.6 Å². The molecule has 0 saturated carbocycles. The van der Waals surface area contributed by atoms with Gasteiger partial charge in [-0.3, -0.25) is 4.79 Å². The highest BCUT2D eigenvalue weighted by Gasteiger charge is 2.14. The lowest BCUT2D eigenvalue weighted by Gasteiger charge is -2.08. The van der Waals surface area contributed by atoms with Crippen molar-refractivity contribution in [2.24, 2.45) is 0 Å². The van der Waals surface area contributed by atoms with E-state index in [0.717, 1.165) is 17.7 Å². The Morgan fingerprint density at radius 3 is 2.65 bits per heavy atom. The van der Waals surface area contributed by atoms with Gasteiger partial charge >= 0.3 is 0 Å². The maximum Gasteiger partial charge on any atom is 0.203 e. The van der Waals surface area contributed by atoms with Crippen LogP contribution in [0.1, 0.15) is 15.9 Å². The summed E-state index contributed by atoms with van der Waals surface area (Å²) in [4.78, 5) is 11.8. The number of hydrogen-bond donors (Lipinski definition) is 0. The number of rotatable bonds is 4. The number of carbonyl (C=O) groups excluding carboxylic acids is 1. The fourth-order valence-corrected chi connectivity index (χ4v) is 1.83. The van der Waals surface area contributed by atoms with Gasteiger partial charge in [0.2, 0.25) is 5.78 Å². The highest BCUT2D eigenvalue weighted by molar-refractivity contribution is 6.32. The molecule has 0 bridgehead atoms. The molecule has 20 heavy (non-hydrogen) atoms. The molecule has 0 fully saturated rings. The molecule has 2 rings (SSSR count). The highest BCUT2D eigenvalue weighted by Crippen LogP contribution is 2.25. The number of aryl methyl sites for hydroxylation is 1. The number of benzene rings is 2. The van der Waals surface area contributed by atoms with Gasteiger partial charge in [0, 0.05) is 6.07 Å². The van der Waals surface area contributed by atoms with Gasteiger partial charge in [0.25, 0.3) is 0 Å². The summed E-state index contributed by atoms with van der Waals surface area (Å²) in [6.07, 6.45) is 0. The number of ether oxygens (including phenoxy) is 1. The van der Waals surface area contributed by atoms with Gasteiger partial charge in [-0.05, 0) is 36.8 Å². The van der Waals surface area contributed by atoms with E-state index in [9.17, 15) is 13.6 Å². The van der Waals surface area contributed by atoms with Crippen LogP contribution in [0.15, 0.2) is 36.4 Å². The zero-order chi connectivity index (χ0) is 14.7. The van der Waals surface area contributed by atoms with Crippen LogP contribution in [-0.2, 0) is 0 Å². The van der Waals surface area contributed by atoms with Crippen molar-refractivity contribution in [3.8, 4) is 5.75 Å². The van der Waals surface area contributed by atoms with Crippen LogP contribution >= 0.6 is 11.6 Å². The first kappa shape index (κ1) is 14.5. The van der Waals surface area contributed by atoms with Gasteiger partial charge < -0.3 is 4.74 Å². The summed E-state index contributed by atoms with van der Waals surface area (Å²) in [7, 11) is 0. The molecule has 0 spiro atoms. The smallest absolute Gasteiger partial charge is 0.203 e. The maximum absolute atomic E-state index is 13.4. The SMILES string of the molecule is Cc1ccc(Cl)c(OCC(=O)c2ccc(F)cc2F)c1. The molecular formula is C15H11ClF2O2. The largest absolute Gasteiger partial charge is 0.484 e. The van der Waals surface area contributed by atoms with E-state index in [0.29, 0.717) is 16.8 Å². The summed E-state index contributed by atoms with van der Waals surface area (Å²) < 4.78 is 31.5. The van der Waals surface area contributed by atoms with Crippen LogP contribution in [0.25, 0.3) is 0 Å². The monoisotopic (exact) mass is 296 g/mol. The van der Waals surface area contributed by atoms with E-state index in [4.69, 9.17) is 16.3 Å². The normalized spacial score (nSPS) is 10.4. The Balaban J connectivity index is 2.10. The first-order valence-corrected chi connectivity index (χ1v) is 6.22. The molecular weight excluding hydrogens is 286 g/mol. The van der Waals surface area contributed by atoms with Gasteiger partial charge in [-0.1, -0.05) is 17.7 Å². The number of Topliss-reactive ketones (excluding diaryl/α,β-unsaturated/α-hetero) is 1. The minimum atomic E-state index is -0.908. The van der Waals surface area contributed by atoms with Gasteiger partial charge in [-0.2, -0.15) is 0 Å². The van der Waals surface area contributed by atoms with Crippen molar-refractivity contribution in [2.75, 3.05) is 6.61 Å². The van der Waals surface area contributed by atoms with Gasteiger partial charge in [0.05, 0.1) is 10.6 Å². The zero-order valence-electron chi connectivity index (χ0n) is 10.6. The second-order valence-corrected chi connectivity index (χ2v) is 4.68. The van der Waals surface area contributed by atoms with Gasteiger partial charge in [0.1, 0.15) is 17.4 Å². The van der Waals surface area contributed by atoms with Crippen molar-refractivity contribution < 1.29 is 18.3 Å². The topological polar surface area (TPSA) is 26.3 Å². The molecule has 2 aromatic rings. The summed E-state index contributed by atoms with van der Waals surface area (Å²) >= 11 is 5.92. The predicted molar refractivity (Wildman–Crippen MR) is 72.4 cm³/mol. The first-order chi connectivity index (χ1) is 9.47. The second kappa shape index (κ2) is 6.01. The fraction of sp³-hybridized carbons (Fsp3) is 0.133. The molecule has 0 N–H and O–H groups in total. The third-order valence-electron chi connectivity index (χ3n) is 2.68. The minimum absolute atomic E-state index is 0.213. The van der Waals surface area contributed by atoms with Crippen molar-refractivity contribution in [1.29, 1.82) is 0 Å². The molecule has 0 heterocycles. The van der Waals surface area contributed by atoms with Crippen molar-refractivity contribution in [1.82, 2.24) is 0 Å². The Kier molecular flexibility index (Phi) is 4.35. The van der Waals surface area contributed by atoms with Crippen LogP contribution < -0.4 is 4.74 Å². The molecule has 0 amide bonds. The third kappa shape index (κ3) is 3.33. The van der Waals surface area contributed by atoms with Crippen molar-refractivity contribution >= 4 is 17.4 Å². The summed E-state index contributed by atoms with van der Waals surface area (Å²) in [5.74, 6) is -1.88. The predicted octanol–water partition coefficient (Wildman–Crippen LogP) is 4.19. The molecule has 0 aliphatic heterocycles. The van der Waals surface area contributed by atoms with E-state index in [1.165, 1.54) is 0 Å². The van der Waals surface area contributed by atoms with E-state index >= 15 is 0 Å². The Labute approximate surface area is 119 Å². The zero-order valence-corrected chi connectivity index (χ0v) is 11.4. The quantitative estimate of drug-likeness (QED) is 0.791. The molecule has 104 valence electrons. The number of halogens is 3. The van der Waals surface area contributed by atoms with E-state index in [-0.39, 0.29) is 12.2 Å². The second-order valence-electron chi connectivity index (χ2n) is 4.27. The summed E-state index contributed by atoms with van der Waals surface area (Å²) in [6, 6.07) is 7.90. The minimum Gasteiger partial charge on any atom is -0.484 e. The van der Waals surface area contributed by atoms with Gasteiger partial charge in [-0.15, -0.1) is 0 Å². The molecule has 0 aromatic heterocycles. The van der Waals surface area contributed by atoms with E-state index < -0.39 is 17.4 Å². The van der Waals surface area contributed by atoms with Gasteiger partial charge in [-0.25, -0.2) is 8.78 Å². The molecule has 0 saturated heterocycles. The molecule has 0 aliphatic rings. The fourth-order valence-electron chi connectivity index (χ4n) is 1.66. The van der Waals surface area contributed by atoms with Crippen LogP contribution in [-0.4, -0.2) is 12.4 Å². The molecule has 2 nitrogen and oxygen atoms in total.